The minimum atomic E-state index is -0.0421. The fraction of sp³-hybridized carbons (Fsp3) is 0.429. The lowest BCUT2D eigenvalue weighted by molar-refractivity contribution is -0.112. The number of nitrogens with zero attached hydrogens (tertiary/aromatic N) is 2. The summed E-state index contributed by atoms with van der Waals surface area (Å²) < 4.78 is 11.5. The van der Waals surface area contributed by atoms with Crippen LogP contribution < -0.4 is 15.0 Å². The van der Waals surface area contributed by atoms with Crippen LogP contribution in [-0.2, 0) is 21.7 Å². The van der Waals surface area contributed by atoms with Gasteiger partial charge in [-0.1, -0.05) is 52.3 Å². The zero-order valence-electron chi connectivity index (χ0n) is 30.5. The van der Waals surface area contributed by atoms with Crippen molar-refractivity contribution >= 4 is 35.1 Å². The number of benzene rings is 3. The van der Waals surface area contributed by atoms with Crippen LogP contribution in [0.4, 0.5) is 11.4 Å². The van der Waals surface area contributed by atoms with Crippen molar-refractivity contribution < 1.29 is 14.3 Å². The predicted octanol–water partition coefficient (Wildman–Crippen LogP) is 10.1. The highest BCUT2D eigenvalue weighted by Gasteiger charge is 2.20. The number of anilines is 2. The van der Waals surface area contributed by atoms with E-state index in [2.05, 4.69) is 103 Å². The Morgan fingerprint density at radius 2 is 1.82 bits per heavy atom. The van der Waals surface area contributed by atoms with E-state index in [1.807, 2.05) is 24.4 Å². The van der Waals surface area contributed by atoms with Crippen LogP contribution in [0.1, 0.15) is 82.4 Å². The molecule has 0 radical (unpaired) electrons. The fourth-order valence-electron chi connectivity index (χ4n) is 6.20. The largest absolute Gasteiger partial charge is 0.491 e. The van der Waals surface area contributed by atoms with Crippen LogP contribution in [0.25, 0.3) is 17.2 Å². The molecule has 50 heavy (non-hydrogen) atoms. The van der Waals surface area contributed by atoms with Crippen LogP contribution in [0.3, 0.4) is 0 Å². The van der Waals surface area contributed by atoms with Gasteiger partial charge in [-0.3, -0.25) is 4.79 Å². The summed E-state index contributed by atoms with van der Waals surface area (Å²) in [7, 11) is 0. The Morgan fingerprint density at radius 1 is 1.00 bits per heavy atom. The number of hydrogen-bond donors (Lipinski definition) is 2. The van der Waals surface area contributed by atoms with E-state index < -0.39 is 0 Å². The summed E-state index contributed by atoms with van der Waals surface area (Å²) in [6, 6.07) is 21.1. The minimum Gasteiger partial charge on any atom is -0.491 e. The molecule has 2 N–H and O–H groups in total. The van der Waals surface area contributed by atoms with Crippen LogP contribution in [0.2, 0.25) is 0 Å². The van der Waals surface area contributed by atoms with Gasteiger partial charge in [-0.2, -0.15) is 0 Å². The number of hydrogen-bond acceptors (Lipinski definition) is 6. The molecular formula is C42H54N4O3S. The molecule has 1 aliphatic rings. The van der Waals surface area contributed by atoms with Gasteiger partial charge in [0, 0.05) is 65.6 Å². The topological polar surface area (TPSA) is 79.5 Å². The van der Waals surface area contributed by atoms with E-state index in [1.54, 1.807) is 11.8 Å². The molecule has 8 heteroatoms. The van der Waals surface area contributed by atoms with Crippen molar-refractivity contribution in [2.24, 2.45) is 5.92 Å². The maximum absolute atomic E-state index is 13.8. The van der Waals surface area contributed by atoms with Gasteiger partial charge in [-0.25, -0.2) is 4.98 Å². The molecule has 266 valence electrons. The maximum atomic E-state index is 13.8. The number of aromatic amines is 1. The molecule has 4 aromatic rings. The molecule has 7 nitrogen and oxygen atoms in total. The highest BCUT2D eigenvalue weighted by molar-refractivity contribution is 7.98. The molecule has 5 rings (SSSR count). The molecule has 1 aromatic heterocycles. The number of amides is 1. The number of H-pyrrole nitrogens is 1. The first-order valence-corrected chi connectivity index (χ1v) is 19.3. The van der Waals surface area contributed by atoms with Crippen LogP contribution in [0, 0.1) is 12.8 Å². The molecule has 0 saturated heterocycles. The summed E-state index contributed by atoms with van der Waals surface area (Å²) in [6.07, 6.45) is 9.93. The lowest BCUT2D eigenvalue weighted by Crippen LogP contribution is -2.30. The number of imidazole rings is 1. The van der Waals surface area contributed by atoms with E-state index in [0.29, 0.717) is 19.1 Å². The summed E-state index contributed by atoms with van der Waals surface area (Å²) in [5.41, 5.74) is 8.36. The average Bonchev–Trinajstić information content (AvgIpc) is 3.55. The van der Waals surface area contributed by atoms with Crippen molar-refractivity contribution in [3.63, 3.8) is 0 Å². The lowest BCUT2D eigenvalue weighted by atomic mass is 9.96. The highest BCUT2D eigenvalue weighted by atomic mass is 32.2. The van der Waals surface area contributed by atoms with Crippen LogP contribution in [0.5, 0.6) is 5.75 Å². The van der Waals surface area contributed by atoms with Gasteiger partial charge in [-0.15, -0.1) is 11.8 Å². The van der Waals surface area contributed by atoms with E-state index in [9.17, 15) is 4.79 Å². The summed E-state index contributed by atoms with van der Waals surface area (Å²) in [5, 5.41) is 3.21. The molecule has 2 heterocycles. The minimum absolute atomic E-state index is 0.0421. The second-order valence-electron chi connectivity index (χ2n) is 13.6. The quantitative estimate of drug-likeness (QED) is 0.0846. The van der Waals surface area contributed by atoms with E-state index in [-0.39, 0.29) is 5.91 Å². The van der Waals surface area contributed by atoms with Gasteiger partial charge in [0.15, 0.2) is 0 Å². The molecule has 0 atom stereocenters. The van der Waals surface area contributed by atoms with Crippen molar-refractivity contribution in [1.29, 1.82) is 0 Å². The first-order valence-electron chi connectivity index (χ1n) is 18.3. The third-order valence-corrected chi connectivity index (χ3v) is 9.98. The van der Waals surface area contributed by atoms with Gasteiger partial charge in [0.1, 0.15) is 18.2 Å². The molecule has 0 fully saturated rings. The van der Waals surface area contributed by atoms with Crippen molar-refractivity contribution in [3.05, 3.63) is 95.1 Å². The molecule has 0 unspecified atom stereocenters. The summed E-state index contributed by atoms with van der Waals surface area (Å²) in [5.74, 6) is 3.20. The monoisotopic (exact) mass is 694 g/mol. The molecule has 0 aliphatic carbocycles. The number of carbonyl (C=O) groups excluding carboxylic acids is 1. The van der Waals surface area contributed by atoms with Crippen LogP contribution >= 0.6 is 11.8 Å². The summed E-state index contributed by atoms with van der Waals surface area (Å²) in [4.78, 5) is 25.4. The molecular weight excluding hydrogens is 641 g/mol. The Labute approximate surface area is 303 Å². The number of aryl methyl sites for hydroxylation is 2. The highest BCUT2D eigenvalue weighted by Crippen LogP contribution is 2.34. The van der Waals surface area contributed by atoms with E-state index in [0.717, 1.165) is 115 Å². The van der Waals surface area contributed by atoms with Crippen molar-refractivity contribution in [1.82, 2.24) is 9.97 Å². The Balaban J connectivity index is 1.29. The lowest BCUT2D eigenvalue weighted by Gasteiger charge is -2.30. The van der Waals surface area contributed by atoms with Gasteiger partial charge in [0.25, 0.3) is 5.91 Å². The molecule has 1 aliphatic heterocycles. The molecule has 3 aromatic carbocycles. The molecule has 0 spiro atoms. The number of rotatable bonds is 17. The Kier molecular flexibility index (Phi) is 14.0. The number of ether oxygens (including phenoxy) is 2. The van der Waals surface area contributed by atoms with Gasteiger partial charge < -0.3 is 24.7 Å². The van der Waals surface area contributed by atoms with Crippen molar-refractivity contribution in [3.8, 4) is 16.9 Å². The number of nitrogens with one attached hydrogen (secondary N) is 2. The summed E-state index contributed by atoms with van der Waals surface area (Å²) >= 11 is 1.78. The standard InChI is InChI=1S/C42H54N4O3S/c1-6-8-21-48-22-23-49-38-16-12-32(13-17-38)33-14-18-39-35(25-33)26-34(11-9-20-46(39)28-30(3)4)42(47)45-36-15-19-40(31(5)24-36)50-29-37-27-43-41(44-37)10-7-2/h12-19,24-27,30H,6-11,20-23,28-29H2,1-5H3,(H,43,44)(H,45,47)/b34-26+. The number of thioether (sulfide) groups is 1. The van der Waals surface area contributed by atoms with E-state index >= 15 is 0 Å². The maximum Gasteiger partial charge on any atom is 0.251 e. The van der Waals surface area contributed by atoms with Crippen molar-refractivity contribution in [2.75, 3.05) is 43.1 Å². The number of fused-ring (bicyclic) bond motifs is 1. The van der Waals surface area contributed by atoms with Gasteiger partial charge in [0.2, 0.25) is 0 Å². The first-order chi connectivity index (χ1) is 24.3. The fourth-order valence-corrected chi connectivity index (χ4v) is 7.11. The first kappa shape index (κ1) is 37.3. The van der Waals surface area contributed by atoms with Crippen LogP contribution in [0.15, 0.2) is 77.3 Å². The molecule has 1 amide bonds. The Morgan fingerprint density at radius 3 is 2.58 bits per heavy atom. The third kappa shape index (κ3) is 10.7. The number of aromatic nitrogens is 2. The van der Waals surface area contributed by atoms with Crippen molar-refractivity contribution in [2.45, 2.75) is 83.8 Å². The zero-order chi connectivity index (χ0) is 35.3. The Hall–Kier alpha value is -4.01. The average molecular weight is 695 g/mol. The second kappa shape index (κ2) is 18.8. The van der Waals surface area contributed by atoms with E-state index in [4.69, 9.17) is 9.47 Å². The predicted molar refractivity (Wildman–Crippen MR) is 209 cm³/mol. The van der Waals surface area contributed by atoms with Gasteiger partial charge in [0.05, 0.1) is 6.61 Å². The molecule has 0 saturated carbocycles. The van der Waals surface area contributed by atoms with Gasteiger partial charge in [-0.05, 0) is 109 Å². The normalized spacial score (nSPS) is 14.1. The van der Waals surface area contributed by atoms with E-state index in [1.165, 1.54) is 10.6 Å². The van der Waals surface area contributed by atoms with Crippen LogP contribution in [-0.4, -0.2) is 48.8 Å². The number of carbonyl (C=O) groups is 1. The zero-order valence-corrected chi connectivity index (χ0v) is 31.3. The smallest absolute Gasteiger partial charge is 0.251 e. The second-order valence-corrected chi connectivity index (χ2v) is 14.6. The SMILES string of the molecule is CCCCOCCOc1ccc(-c2ccc3c(c2)/C=C(/C(=O)Nc2ccc(SCc4cnc(CCC)[nH]4)c(C)c2)CCCN3CC(C)C)cc1. The Bertz CT molecular complexity index is 1710. The number of unbranched alkanes of at least 4 members (excludes halogenated alkanes) is 1. The molecule has 0 bridgehead atoms. The van der Waals surface area contributed by atoms with Gasteiger partial charge >= 0.3 is 0 Å². The summed E-state index contributed by atoms with van der Waals surface area (Å²) in [6.45, 7) is 14.7. The third-order valence-electron chi connectivity index (χ3n) is 8.76.